The number of carbonyl (C=O) groups is 1. The van der Waals surface area contributed by atoms with E-state index in [9.17, 15) is 9.59 Å². The number of carboxylic acids is 1. The third kappa shape index (κ3) is 2.35. The highest BCUT2D eigenvalue weighted by Gasteiger charge is 2.11. The quantitative estimate of drug-likeness (QED) is 0.778. The zero-order valence-electron chi connectivity index (χ0n) is 9.70. The molecule has 1 unspecified atom stereocenters. The summed E-state index contributed by atoms with van der Waals surface area (Å²) in [5.74, 6) is -0.989. The molecule has 1 aromatic carbocycles. The molecule has 1 heterocycles. The number of hydrogen-bond donors (Lipinski definition) is 2. The molecule has 1 aromatic heterocycles. The number of benzene rings is 1. The van der Waals surface area contributed by atoms with Crippen molar-refractivity contribution in [1.82, 2.24) is 20.3 Å². The second-order valence-electron chi connectivity index (χ2n) is 3.83. The first-order valence-electron chi connectivity index (χ1n) is 5.38. The first-order valence-corrected chi connectivity index (χ1v) is 5.38. The van der Waals surface area contributed by atoms with Gasteiger partial charge in [-0.05, 0) is 19.1 Å². The number of rotatable bonds is 4. The molecule has 2 rings (SSSR count). The van der Waals surface area contributed by atoms with Crippen LogP contribution in [0.3, 0.4) is 0 Å². The molecule has 0 aliphatic rings. The van der Waals surface area contributed by atoms with Crippen LogP contribution in [0.15, 0.2) is 29.1 Å². The predicted molar refractivity (Wildman–Crippen MR) is 64.0 cm³/mol. The van der Waals surface area contributed by atoms with Crippen LogP contribution in [-0.4, -0.2) is 32.1 Å². The van der Waals surface area contributed by atoms with E-state index in [0.29, 0.717) is 10.9 Å². The van der Waals surface area contributed by atoms with Gasteiger partial charge in [-0.25, -0.2) is 0 Å². The van der Waals surface area contributed by atoms with E-state index in [0.717, 1.165) is 4.68 Å². The van der Waals surface area contributed by atoms with Crippen LogP contribution < -0.4 is 10.9 Å². The Kier molecular flexibility index (Phi) is 3.33. The molecule has 0 spiro atoms. The Morgan fingerprint density at radius 1 is 1.50 bits per heavy atom. The Morgan fingerprint density at radius 2 is 2.22 bits per heavy atom. The van der Waals surface area contributed by atoms with Gasteiger partial charge >= 0.3 is 5.97 Å². The Morgan fingerprint density at radius 3 is 2.94 bits per heavy atom. The van der Waals surface area contributed by atoms with Gasteiger partial charge in [0.1, 0.15) is 11.6 Å². The van der Waals surface area contributed by atoms with Crippen LogP contribution in [0.25, 0.3) is 10.9 Å². The number of aromatic nitrogens is 3. The van der Waals surface area contributed by atoms with Crippen LogP contribution in [-0.2, 0) is 11.5 Å². The molecule has 0 amide bonds. The molecule has 0 saturated carbocycles. The van der Waals surface area contributed by atoms with Gasteiger partial charge in [-0.15, -0.1) is 5.10 Å². The monoisotopic (exact) mass is 248 g/mol. The van der Waals surface area contributed by atoms with Gasteiger partial charge in [0.15, 0.2) is 0 Å². The molecule has 7 heteroatoms. The van der Waals surface area contributed by atoms with Gasteiger partial charge in [-0.2, -0.15) is 4.68 Å². The fourth-order valence-corrected chi connectivity index (χ4v) is 1.44. The van der Waals surface area contributed by atoms with Crippen LogP contribution in [0, 0.1) is 0 Å². The van der Waals surface area contributed by atoms with Crippen molar-refractivity contribution in [2.24, 2.45) is 0 Å². The van der Waals surface area contributed by atoms with E-state index in [4.69, 9.17) is 5.11 Å². The molecule has 0 aliphatic carbocycles. The van der Waals surface area contributed by atoms with Gasteiger partial charge in [0.25, 0.3) is 5.56 Å². The number of nitrogens with zero attached hydrogens (tertiary/aromatic N) is 3. The summed E-state index contributed by atoms with van der Waals surface area (Å²) in [6.07, 6.45) is 0. The number of fused-ring (bicyclic) bond motifs is 1. The number of hydrogen-bond acceptors (Lipinski definition) is 5. The summed E-state index contributed by atoms with van der Waals surface area (Å²) in [7, 11) is 0. The minimum absolute atomic E-state index is 0.00410. The molecular weight excluding hydrogens is 236 g/mol. The lowest BCUT2D eigenvalue weighted by Crippen LogP contribution is -2.39. The average molecular weight is 248 g/mol. The Bertz CT molecular complexity index is 637. The lowest BCUT2D eigenvalue weighted by Gasteiger charge is -2.09. The largest absolute Gasteiger partial charge is 0.480 e. The van der Waals surface area contributed by atoms with Crippen molar-refractivity contribution in [3.8, 4) is 0 Å². The van der Waals surface area contributed by atoms with Gasteiger partial charge in [0.2, 0.25) is 0 Å². The van der Waals surface area contributed by atoms with Crippen molar-refractivity contribution in [3.63, 3.8) is 0 Å². The average Bonchev–Trinajstić information content (AvgIpc) is 2.38. The smallest absolute Gasteiger partial charge is 0.320 e. The summed E-state index contributed by atoms with van der Waals surface area (Å²) in [6.45, 7) is 1.49. The molecule has 94 valence electrons. The van der Waals surface area contributed by atoms with Crippen molar-refractivity contribution in [2.45, 2.75) is 19.6 Å². The van der Waals surface area contributed by atoms with Crippen LogP contribution in [0.2, 0.25) is 0 Å². The molecule has 2 aromatic rings. The van der Waals surface area contributed by atoms with E-state index in [1.54, 1.807) is 24.3 Å². The van der Waals surface area contributed by atoms with Crippen molar-refractivity contribution < 1.29 is 9.90 Å². The van der Waals surface area contributed by atoms with Crippen LogP contribution in [0.5, 0.6) is 0 Å². The summed E-state index contributed by atoms with van der Waals surface area (Å²) in [6, 6.07) is 6.10. The topological polar surface area (TPSA) is 97.1 Å². The number of nitrogens with one attached hydrogen (secondary N) is 1. The molecule has 0 saturated heterocycles. The Balaban J connectivity index is 2.27. The van der Waals surface area contributed by atoms with Gasteiger partial charge in [-0.3, -0.25) is 14.9 Å². The lowest BCUT2D eigenvalue weighted by atomic mass is 10.2. The maximum Gasteiger partial charge on any atom is 0.320 e. The fraction of sp³-hybridized carbons (Fsp3) is 0.273. The van der Waals surface area contributed by atoms with Crippen molar-refractivity contribution >= 4 is 16.9 Å². The third-order valence-electron chi connectivity index (χ3n) is 2.55. The van der Waals surface area contributed by atoms with Crippen molar-refractivity contribution in [3.05, 3.63) is 34.6 Å². The molecule has 7 nitrogen and oxygen atoms in total. The molecule has 0 bridgehead atoms. The third-order valence-corrected chi connectivity index (χ3v) is 2.55. The zero-order chi connectivity index (χ0) is 13.1. The van der Waals surface area contributed by atoms with E-state index in [-0.39, 0.29) is 12.2 Å². The number of carboxylic acid groups (broad SMARTS) is 1. The van der Waals surface area contributed by atoms with Crippen LogP contribution in [0.4, 0.5) is 0 Å². The van der Waals surface area contributed by atoms with Crippen molar-refractivity contribution in [1.29, 1.82) is 0 Å². The maximum absolute atomic E-state index is 12.0. The summed E-state index contributed by atoms with van der Waals surface area (Å²) in [4.78, 5) is 22.6. The first kappa shape index (κ1) is 12.2. The lowest BCUT2D eigenvalue weighted by molar-refractivity contribution is -0.139. The van der Waals surface area contributed by atoms with E-state index in [1.165, 1.54) is 6.92 Å². The van der Waals surface area contributed by atoms with E-state index in [2.05, 4.69) is 15.6 Å². The molecule has 0 fully saturated rings. The SMILES string of the molecule is CC(NCn1nnc2ccccc2c1=O)C(=O)O. The van der Waals surface area contributed by atoms with Crippen LogP contribution in [0.1, 0.15) is 6.92 Å². The van der Waals surface area contributed by atoms with E-state index in [1.807, 2.05) is 0 Å². The summed E-state index contributed by atoms with van der Waals surface area (Å²) in [5, 5.41) is 19.5. The fourth-order valence-electron chi connectivity index (χ4n) is 1.44. The van der Waals surface area contributed by atoms with E-state index >= 15 is 0 Å². The maximum atomic E-state index is 12.0. The van der Waals surface area contributed by atoms with Gasteiger partial charge in [0.05, 0.1) is 12.1 Å². The number of aliphatic carboxylic acids is 1. The predicted octanol–water partition coefficient (Wildman–Crippen LogP) is -0.188. The highest BCUT2D eigenvalue weighted by molar-refractivity contribution is 5.76. The first-order chi connectivity index (χ1) is 8.59. The highest BCUT2D eigenvalue weighted by atomic mass is 16.4. The summed E-state index contributed by atoms with van der Waals surface area (Å²) in [5.41, 5.74) is 0.218. The minimum Gasteiger partial charge on any atom is -0.480 e. The Labute approximate surface area is 102 Å². The molecule has 1 atom stereocenters. The van der Waals surface area contributed by atoms with Crippen molar-refractivity contribution in [2.75, 3.05) is 0 Å². The Hall–Kier alpha value is -2.28. The molecular formula is C11H12N4O3. The van der Waals surface area contributed by atoms with Gasteiger partial charge < -0.3 is 5.11 Å². The second kappa shape index (κ2) is 4.92. The van der Waals surface area contributed by atoms with Crippen LogP contribution >= 0.6 is 0 Å². The summed E-state index contributed by atoms with van der Waals surface area (Å²) < 4.78 is 1.10. The summed E-state index contributed by atoms with van der Waals surface area (Å²) >= 11 is 0. The minimum atomic E-state index is -0.989. The van der Waals surface area contributed by atoms with Gasteiger partial charge in [0, 0.05) is 0 Å². The normalized spacial score (nSPS) is 12.5. The molecule has 0 aliphatic heterocycles. The molecule has 0 radical (unpaired) electrons. The zero-order valence-corrected chi connectivity index (χ0v) is 9.70. The van der Waals surface area contributed by atoms with E-state index < -0.39 is 12.0 Å². The highest BCUT2D eigenvalue weighted by Crippen LogP contribution is 2.02. The standard InChI is InChI=1S/C11H12N4O3/c1-7(11(17)18)12-6-15-10(16)8-4-2-3-5-9(8)13-14-15/h2-5,7,12H,6H2,1H3,(H,17,18). The molecule has 18 heavy (non-hydrogen) atoms. The van der Waals surface area contributed by atoms with Gasteiger partial charge in [-0.1, -0.05) is 17.3 Å². The molecule has 2 N–H and O–H groups in total. The second-order valence-corrected chi connectivity index (χ2v) is 3.83.